The van der Waals surface area contributed by atoms with E-state index >= 15 is 0 Å². The Hall–Kier alpha value is -1.22. The number of primary amides is 1. The van der Waals surface area contributed by atoms with E-state index < -0.39 is 48.4 Å². The standard InChI is InChI=1S/C12H19NO7/c1-5(14)17-8(10(13)15)6-7-9(11(16-4)18-6)20-12(2,3)19-7/h6-9,11H,1-4H3,(H2,13,15)/t6-,7+,8-,9+,11-/m0/s1. The molecule has 0 aliphatic carbocycles. The van der Waals surface area contributed by atoms with E-state index in [0.29, 0.717) is 0 Å². The number of methoxy groups -OCH3 is 1. The summed E-state index contributed by atoms with van der Waals surface area (Å²) in [6.45, 7) is 4.66. The Balaban J connectivity index is 2.22. The maximum atomic E-state index is 11.5. The molecule has 0 spiro atoms. The lowest BCUT2D eigenvalue weighted by atomic mass is 10.1. The second-order valence-electron chi connectivity index (χ2n) is 5.20. The molecule has 0 radical (unpaired) electrons. The molecule has 114 valence electrons. The van der Waals surface area contributed by atoms with E-state index in [1.165, 1.54) is 14.0 Å². The molecule has 2 heterocycles. The van der Waals surface area contributed by atoms with Crippen LogP contribution in [0, 0.1) is 0 Å². The van der Waals surface area contributed by atoms with Gasteiger partial charge in [0.15, 0.2) is 12.1 Å². The summed E-state index contributed by atoms with van der Waals surface area (Å²) in [6.07, 6.45) is -3.96. The second kappa shape index (κ2) is 5.28. The van der Waals surface area contributed by atoms with Crippen molar-refractivity contribution in [1.29, 1.82) is 0 Å². The molecule has 2 aliphatic rings. The zero-order valence-electron chi connectivity index (χ0n) is 11.8. The molecular formula is C12H19NO7. The number of rotatable bonds is 4. The lowest BCUT2D eigenvalue weighted by Crippen LogP contribution is -2.48. The van der Waals surface area contributed by atoms with Crippen molar-refractivity contribution >= 4 is 11.9 Å². The largest absolute Gasteiger partial charge is 0.449 e. The first-order valence-corrected chi connectivity index (χ1v) is 6.25. The first-order chi connectivity index (χ1) is 9.25. The van der Waals surface area contributed by atoms with Crippen LogP contribution in [-0.2, 0) is 33.3 Å². The molecule has 0 aromatic rings. The highest BCUT2D eigenvalue weighted by Gasteiger charge is 2.59. The van der Waals surface area contributed by atoms with Gasteiger partial charge in [0.2, 0.25) is 6.10 Å². The molecular weight excluding hydrogens is 270 g/mol. The van der Waals surface area contributed by atoms with Crippen molar-refractivity contribution in [3.8, 4) is 0 Å². The van der Waals surface area contributed by atoms with E-state index in [4.69, 9.17) is 29.4 Å². The van der Waals surface area contributed by atoms with Crippen molar-refractivity contribution in [2.75, 3.05) is 7.11 Å². The van der Waals surface area contributed by atoms with Gasteiger partial charge in [-0.25, -0.2) is 0 Å². The van der Waals surface area contributed by atoms with Gasteiger partial charge in [0.1, 0.15) is 18.3 Å². The van der Waals surface area contributed by atoms with Gasteiger partial charge in [-0.05, 0) is 13.8 Å². The molecule has 2 fully saturated rings. The molecule has 0 aromatic carbocycles. The molecule has 2 aliphatic heterocycles. The van der Waals surface area contributed by atoms with Gasteiger partial charge in [0.05, 0.1) is 0 Å². The number of hydrogen-bond acceptors (Lipinski definition) is 7. The number of carbonyl (C=O) groups excluding carboxylic acids is 2. The van der Waals surface area contributed by atoms with Gasteiger partial charge in [-0.1, -0.05) is 0 Å². The third-order valence-corrected chi connectivity index (χ3v) is 3.15. The molecule has 20 heavy (non-hydrogen) atoms. The van der Waals surface area contributed by atoms with Crippen LogP contribution in [0.1, 0.15) is 20.8 Å². The van der Waals surface area contributed by atoms with Crippen molar-refractivity contribution in [2.45, 2.75) is 57.3 Å². The van der Waals surface area contributed by atoms with Crippen LogP contribution in [0.2, 0.25) is 0 Å². The summed E-state index contributed by atoms with van der Waals surface area (Å²) < 4.78 is 27.0. The maximum absolute atomic E-state index is 11.5. The highest BCUT2D eigenvalue weighted by atomic mass is 16.8. The Morgan fingerprint density at radius 3 is 2.35 bits per heavy atom. The van der Waals surface area contributed by atoms with Crippen molar-refractivity contribution in [3.05, 3.63) is 0 Å². The zero-order valence-corrected chi connectivity index (χ0v) is 11.8. The van der Waals surface area contributed by atoms with Gasteiger partial charge in [-0.2, -0.15) is 0 Å². The summed E-state index contributed by atoms with van der Waals surface area (Å²) in [6, 6.07) is 0. The highest BCUT2D eigenvalue weighted by Crippen LogP contribution is 2.40. The number of carbonyl (C=O) groups is 2. The van der Waals surface area contributed by atoms with E-state index in [-0.39, 0.29) is 0 Å². The predicted octanol–water partition coefficient (Wildman–Crippen LogP) is -0.705. The van der Waals surface area contributed by atoms with Crippen LogP contribution < -0.4 is 5.73 Å². The third-order valence-electron chi connectivity index (χ3n) is 3.15. The molecule has 2 saturated heterocycles. The van der Waals surface area contributed by atoms with E-state index in [0.717, 1.165) is 0 Å². The Morgan fingerprint density at radius 2 is 1.85 bits per heavy atom. The Morgan fingerprint density at radius 1 is 1.25 bits per heavy atom. The summed E-state index contributed by atoms with van der Waals surface area (Å²) in [5.41, 5.74) is 5.27. The molecule has 5 atom stereocenters. The summed E-state index contributed by atoms with van der Waals surface area (Å²) in [7, 11) is 1.45. The van der Waals surface area contributed by atoms with Gasteiger partial charge < -0.3 is 29.4 Å². The van der Waals surface area contributed by atoms with Crippen molar-refractivity contribution in [3.63, 3.8) is 0 Å². The summed E-state index contributed by atoms with van der Waals surface area (Å²) in [4.78, 5) is 22.6. The summed E-state index contributed by atoms with van der Waals surface area (Å²) >= 11 is 0. The smallest absolute Gasteiger partial charge is 0.303 e. The Labute approximate surface area is 116 Å². The van der Waals surface area contributed by atoms with Crippen LogP contribution in [0.3, 0.4) is 0 Å². The molecule has 2 N–H and O–H groups in total. The fraction of sp³-hybridized carbons (Fsp3) is 0.833. The minimum absolute atomic E-state index is 0.516. The second-order valence-corrected chi connectivity index (χ2v) is 5.20. The van der Waals surface area contributed by atoms with Gasteiger partial charge in [-0.15, -0.1) is 0 Å². The molecule has 1 amide bonds. The van der Waals surface area contributed by atoms with Crippen molar-refractivity contribution in [2.24, 2.45) is 5.73 Å². The van der Waals surface area contributed by atoms with Gasteiger partial charge in [0, 0.05) is 14.0 Å². The number of amides is 1. The number of esters is 1. The molecule has 2 rings (SSSR count). The minimum Gasteiger partial charge on any atom is -0.449 e. The minimum atomic E-state index is -1.25. The molecule has 8 nitrogen and oxygen atoms in total. The van der Waals surface area contributed by atoms with Crippen LogP contribution in [0.5, 0.6) is 0 Å². The van der Waals surface area contributed by atoms with E-state index in [9.17, 15) is 9.59 Å². The highest BCUT2D eigenvalue weighted by molar-refractivity contribution is 5.82. The molecule has 0 aromatic heterocycles. The monoisotopic (exact) mass is 289 g/mol. The normalized spacial score (nSPS) is 36.4. The van der Waals surface area contributed by atoms with E-state index in [1.807, 2.05) is 0 Å². The number of ether oxygens (including phenoxy) is 5. The van der Waals surface area contributed by atoms with Crippen molar-refractivity contribution in [1.82, 2.24) is 0 Å². The third kappa shape index (κ3) is 2.78. The molecule has 8 heteroatoms. The van der Waals surface area contributed by atoms with E-state index in [1.54, 1.807) is 13.8 Å². The first kappa shape index (κ1) is 15.2. The Kier molecular flexibility index (Phi) is 4.01. The maximum Gasteiger partial charge on any atom is 0.303 e. The average Bonchev–Trinajstić information content (AvgIpc) is 2.78. The van der Waals surface area contributed by atoms with Crippen molar-refractivity contribution < 1.29 is 33.3 Å². The average molecular weight is 289 g/mol. The van der Waals surface area contributed by atoms with Crippen LogP contribution in [0.25, 0.3) is 0 Å². The number of hydrogen-bond donors (Lipinski definition) is 1. The summed E-state index contributed by atoms with van der Waals surface area (Å²) in [5.74, 6) is -2.28. The molecule has 0 bridgehead atoms. The molecule has 0 saturated carbocycles. The van der Waals surface area contributed by atoms with Crippen LogP contribution in [-0.4, -0.2) is 55.5 Å². The Bertz CT molecular complexity index is 411. The number of nitrogens with two attached hydrogens (primary N) is 1. The SMILES string of the molecule is CO[C@H]1O[C@H]([C@H](OC(C)=O)C(N)=O)[C@H]2OC(C)(C)O[C@@H]12. The van der Waals surface area contributed by atoms with Crippen LogP contribution in [0.15, 0.2) is 0 Å². The topological polar surface area (TPSA) is 106 Å². The van der Waals surface area contributed by atoms with Crippen LogP contribution in [0.4, 0.5) is 0 Å². The predicted molar refractivity (Wildman–Crippen MR) is 64.2 cm³/mol. The molecule has 0 unspecified atom stereocenters. The zero-order chi connectivity index (χ0) is 15.1. The van der Waals surface area contributed by atoms with Gasteiger partial charge in [0.25, 0.3) is 5.91 Å². The fourth-order valence-corrected chi connectivity index (χ4v) is 2.49. The summed E-state index contributed by atoms with van der Waals surface area (Å²) in [5, 5.41) is 0. The fourth-order valence-electron chi connectivity index (χ4n) is 2.49. The first-order valence-electron chi connectivity index (χ1n) is 6.25. The quantitative estimate of drug-likeness (QED) is 0.682. The lowest BCUT2D eigenvalue weighted by molar-refractivity contribution is -0.237. The number of fused-ring (bicyclic) bond motifs is 1. The van der Waals surface area contributed by atoms with Gasteiger partial charge in [-0.3, -0.25) is 9.59 Å². The van der Waals surface area contributed by atoms with Gasteiger partial charge >= 0.3 is 5.97 Å². The lowest BCUT2D eigenvalue weighted by Gasteiger charge is -2.26. The van der Waals surface area contributed by atoms with Crippen LogP contribution >= 0.6 is 0 Å². The van der Waals surface area contributed by atoms with E-state index in [2.05, 4.69) is 0 Å².